The molecule has 2 aliphatic carbocycles. The van der Waals surface area contributed by atoms with Crippen molar-refractivity contribution in [2.24, 2.45) is 0 Å². The summed E-state index contributed by atoms with van der Waals surface area (Å²) < 4.78 is 0. The number of anilines is 13. The van der Waals surface area contributed by atoms with E-state index in [1.54, 1.807) is 0 Å². The molecular weight excluding hydrogens is 1200 g/mol. The Balaban J connectivity index is 0.000000125. The summed E-state index contributed by atoms with van der Waals surface area (Å²) in [7, 11) is 0. The summed E-state index contributed by atoms with van der Waals surface area (Å²) in [4.78, 5) is 19.7. The third-order valence-electron chi connectivity index (χ3n) is 21.0. The van der Waals surface area contributed by atoms with E-state index in [0.717, 1.165) is 39.1 Å². The Kier molecular flexibility index (Phi) is 19.9. The molecule has 15 rings (SSSR count). The minimum Gasteiger partial charge on any atom is -0.347 e. The van der Waals surface area contributed by atoms with Gasteiger partial charge in [-0.1, -0.05) is 98.8 Å². The Hall–Kier alpha value is -10.7. The summed E-state index contributed by atoms with van der Waals surface area (Å²) >= 11 is 0. The quantitative estimate of drug-likeness (QED) is 0.144. The normalized spacial score (nSPS) is 18.3. The van der Waals surface area contributed by atoms with Gasteiger partial charge in [-0.3, -0.25) is 0 Å². The summed E-state index contributed by atoms with van der Waals surface area (Å²) in [5.41, 5.74) is 26.1. The zero-order valence-corrected chi connectivity index (χ0v) is 59.2. The van der Waals surface area contributed by atoms with Crippen molar-refractivity contribution in [1.29, 1.82) is 21.0 Å². The molecule has 6 aliphatic rings. The van der Waals surface area contributed by atoms with Gasteiger partial charge >= 0.3 is 0 Å². The Morgan fingerprint density at radius 1 is 0.296 bits per heavy atom. The van der Waals surface area contributed by atoms with Gasteiger partial charge in [0.2, 0.25) is 0 Å². The van der Waals surface area contributed by atoms with Crippen LogP contribution in [-0.2, 0) is 0 Å². The van der Waals surface area contributed by atoms with Gasteiger partial charge in [0.1, 0.15) is 24.7 Å². The monoisotopic (exact) mass is 1290 g/mol. The summed E-state index contributed by atoms with van der Waals surface area (Å²) in [5, 5.41) is 36.6. The van der Waals surface area contributed by atoms with Crippen molar-refractivity contribution < 1.29 is 0 Å². The molecule has 0 spiro atoms. The SMILES string of the molecule is Cc1cc(C#N)ccc1N1c2ccccc2N(C(C)C)[C@H]1C.Cc1cc(C#N)ccc1N1c2ccccc2N(C2CCCC2)[C@H]1C.Cc1cc(C#N)ccc1N1c2ccccc2N(C2CCCCC2)[C@H]1C.Cc1cc(C#N)ccc1N1c2ccccc2N(c2c(C)cccc2C)[C@H]1C. The smallest absolute Gasteiger partial charge is 0.108 e. The van der Waals surface area contributed by atoms with Crippen molar-refractivity contribution in [2.45, 2.75) is 184 Å². The van der Waals surface area contributed by atoms with Crippen LogP contribution in [0.15, 0.2) is 188 Å². The van der Waals surface area contributed by atoms with Crippen LogP contribution in [0.4, 0.5) is 73.9 Å². The van der Waals surface area contributed by atoms with Crippen LogP contribution in [0.3, 0.4) is 0 Å². The molecule has 0 N–H and O–H groups in total. The average Bonchev–Trinajstić information content (AvgIpc) is 1.62. The van der Waals surface area contributed by atoms with E-state index in [1.807, 2.05) is 48.5 Å². The van der Waals surface area contributed by atoms with Crippen molar-refractivity contribution in [1.82, 2.24) is 0 Å². The molecule has 2 fully saturated rings. The zero-order valence-electron chi connectivity index (χ0n) is 59.2. The molecular formula is C86H92N12. The molecule has 2 saturated carbocycles. The van der Waals surface area contributed by atoms with Gasteiger partial charge in [0.05, 0.1) is 92.0 Å². The lowest BCUT2D eigenvalue weighted by atomic mass is 9.93. The first-order valence-electron chi connectivity index (χ1n) is 35.2. The first-order chi connectivity index (χ1) is 47.5. The molecule has 98 heavy (non-hydrogen) atoms. The molecule has 9 aromatic rings. The van der Waals surface area contributed by atoms with Gasteiger partial charge in [0, 0.05) is 46.6 Å². The fraction of sp³-hybridized carbons (Fsp3) is 0.326. The molecule has 0 aromatic heterocycles. The van der Waals surface area contributed by atoms with Crippen LogP contribution in [0.1, 0.15) is 155 Å². The summed E-state index contributed by atoms with van der Waals surface area (Å²) in [6, 6.07) is 75.6. The van der Waals surface area contributed by atoms with E-state index in [4.69, 9.17) is 15.8 Å². The van der Waals surface area contributed by atoms with Crippen LogP contribution in [0.25, 0.3) is 0 Å². The molecule has 9 aromatic carbocycles. The zero-order chi connectivity index (χ0) is 69.1. The van der Waals surface area contributed by atoms with Crippen molar-refractivity contribution in [2.75, 3.05) is 39.2 Å². The van der Waals surface area contributed by atoms with E-state index in [-0.39, 0.29) is 12.3 Å². The Morgan fingerprint density at radius 3 is 0.918 bits per heavy atom. The molecule has 12 nitrogen and oxygen atoms in total. The number of benzene rings is 9. The van der Waals surface area contributed by atoms with E-state index in [0.29, 0.717) is 41.6 Å². The van der Waals surface area contributed by atoms with Gasteiger partial charge < -0.3 is 39.2 Å². The number of rotatable bonds is 8. The molecule has 0 bridgehead atoms. The number of nitrogens with zero attached hydrogens (tertiary/aromatic N) is 12. The number of nitriles is 4. The molecule has 496 valence electrons. The molecule has 0 unspecified atom stereocenters. The molecule has 0 amide bonds. The van der Waals surface area contributed by atoms with Crippen LogP contribution in [0.2, 0.25) is 0 Å². The summed E-state index contributed by atoms with van der Waals surface area (Å²) in [5.74, 6) is 0. The third-order valence-corrected chi connectivity index (χ3v) is 21.0. The first-order valence-corrected chi connectivity index (χ1v) is 35.2. The number of aryl methyl sites for hydroxylation is 6. The molecule has 4 aliphatic heterocycles. The molecule has 0 saturated heterocycles. The van der Waals surface area contributed by atoms with Gasteiger partial charge in [-0.2, -0.15) is 21.0 Å². The minimum absolute atomic E-state index is 0.133. The van der Waals surface area contributed by atoms with Gasteiger partial charge in [0.15, 0.2) is 0 Å². The second kappa shape index (κ2) is 29.0. The second-order valence-corrected chi connectivity index (χ2v) is 27.6. The average molecular weight is 1290 g/mol. The first kappa shape index (κ1) is 67.3. The van der Waals surface area contributed by atoms with E-state index in [1.165, 1.54) is 137 Å². The van der Waals surface area contributed by atoms with Crippen LogP contribution < -0.4 is 39.2 Å². The van der Waals surface area contributed by atoms with Crippen LogP contribution >= 0.6 is 0 Å². The Bertz CT molecular complexity index is 4550. The van der Waals surface area contributed by atoms with Crippen molar-refractivity contribution in [3.8, 4) is 24.3 Å². The highest BCUT2D eigenvalue weighted by molar-refractivity contribution is 5.91. The second-order valence-electron chi connectivity index (χ2n) is 27.6. The molecule has 0 radical (unpaired) electrons. The third kappa shape index (κ3) is 12.7. The van der Waals surface area contributed by atoms with Gasteiger partial charge in [-0.05, 0) is 263 Å². The number of hydrogen-bond donors (Lipinski definition) is 0. The van der Waals surface area contributed by atoms with Gasteiger partial charge in [-0.15, -0.1) is 0 Å². The predicted octanol–water partition coefficient (Wildman–Crippen LogP) is 21.3. The fourth-order valence-electron chi connectivity index (χ4n) is 16.7. The Labute approximate surface area is 582 Å². The largest absolute Gasteiger partial charge is 0.347 e. The van der Waals surface area contributed by atoms with Gasteiger partial charge in [0.25, 0.3) is 0 Å². The maximum Gasteiger partial charge on any atom is 0.108 e. The summed E-state index contributed by atoms with van der Waals surface area (Å²) in [6.45, 7) is 26.2. The summed E-state index contributed by atoms with van der Waals surface area (Å²) in [6.07, 6.45) is 12.9. The number of fused-ring (bicyclic) bond motifs is 4. The number of para-hydroxylation sites is 9. The topological polar surface area (TPSA) is 121 Å². The molecule has 12 heteroatoms. The number of hydrogen-bond acceptors (Lipinski definition) is 12. The van der Waals surface area contributed by atoms with Crippen LogP contribution in [-0.4, -0.2) is 42.8 Å². The predicted molar refractivity (Wildman–Crippen MR) is 406 cm³/mol. The minimum atomic E-state index is 0.133. The van der Waals surface area contributed by atoms with Crippen LogP contribution in [0.5, 0.6) is 0 Å². The van der Waals surface area contributed by atoms with Crippen molar-refractivity contribution >= 4 is 73.9 Å². The lowest BCUT2D eigenvalue weighted by Crippen LogP contribution is -2.45. The molecule has 4 atom stereocenters. The maximum atomic E-state index is 9.21. The highest BCUT2D eigenvalue weighted by atomic mass is 15.5. The maximum absolute atomic E-state index is 9.21. The van der Waals surface area contributed by atoms with E-state index in [2.05, 4.69) is 286 Å². The van der Waals surface area contributed by atoms with E-state index < -0.39 is 0 Å². The van der Waals surface area contributed by atoms with E-state index >= 15 is 0 Å². The fourth-order valence-corrected chi connectivity index (χ4v) is 16.7. The van der Waals surface area contributed by atoms with Crippen molar-refractivity contribution in [3.63, 3.8) is 0 Å². The standard InChI is InChI=1S/C24H23N3.C22H25N3.C21H23N3.C19H21N3/c1-16-8-7-9-17(2)24(16)27-19(4)26(22-10-5-6-11-23(22)27)21-13-12-20(15-25)14-18(21)3;1-16-14-18(15-23)12-13-20(16)25-17(2)24(19-8-4-3-5-9-19)21-10-6-7-11-22(21)25;1-15-13-17(14-22)11-12-19(15)24-16(2)23(18-7-3-4-8-18)20-9-5-6-10-21(20)24;1-13(2)21-15(4)22(19-8-6-5-7-18(19)21)17-10-9-16(12-20)11-14(17)3/h5-14,19H,1-4H3;6-7,10-14,17,19H,3-5,8-9H2,1-2H3;5-6,9-13,16,18H,3-4,7-8H2,1-2H3;5-11,13,15H,1-4H3/t19-;17-;16-;15-/m0111/s1. The Morgan fingerprint density at radius 2 is 0.582 bits per heavy atom. The van der Waals surface area contributed by atoms with Gasteiger partial charge in [-0.25, -0.2) is 0 Å². The van der Waals surface area contributed by atoms with Crippen LogP contribution in [0, 0.1) is 86.9 Å². The highest BCUT2D eigenvalue weighted by Gasteiger charge is 2.42. The van der Waals surface area contributed by atoms with E-state index in [9.17, 15) is 5.26 Å². The highest BCUT2D eigenvalue weighted by Crippen LogP contribution is 2.52. The van der Waals surface area contributed by atoms with Crippen molar-refractivity contribution in [3.05, 3.63) is 244 Å². The molecule has 4 heterocycles. The lowest BCUT2D eigenvalue weighted by Gasteiger charge is -2.38. The lowest BCUT2D eigenvalue weighted by molar-refractivity contribution is 0.400.